The van der Waals surface area contributed by atoms with Crippen molar-refractivity contribution >= 4 is 17.7 Å². The molecule has 0 amide bonds. The lowest BCUT2D eigenvalue weighted by molar-refractivity contribution is -0.136. The molecule has 3 nitrogen and oxygen atoms in total. The number of hydrogen-bond donors (Lipinski definition) is 1. The summed E-state index contributed by atoms with van der Waals surface area (Å²) >= 11 is 1.27. The third-order valence-corrected chi connectivity index (χ3v) is 3.80. The number of aryl methyl sites for hydroxylation is 2. The zero-order valence-corrected chi connectivity index (χ0v) is 11.6. The molecule has 1 atom stereocenters. The topological polar surface area (TPSA) is 50.2 Å². The fourth-order valence-electron chi connectivity index (χ4n) is 1.87. The third-order valence-electron chi connectivity index (χ3n) is 2.64. The predicted molar refractivity (Wildman–Crippen MR) is 76.4 cm³/mol. The molecule has 1 aromatic heterocycles. The van der Waals surface area contributed by atoms with Crippen LogP contribution >= 0.6 is 11.8 Å². The highest BCUT2D eigenvalue weighted by atomic mass is 32.2. The summed E-state index contributed by atoms with van der Waals surface area (Å²) in [5, 5.41) is 9.49. The Labute approximate surface area is 116 Å². The van der Waals surface area contributed by atoms with Gasteiger partial charge in [-0.05, 0) is 37.1 Å². The maximum atomic E-state index is 11.4. The van der Waals surface area contributed by atoms with Gasteiger partial charge in [0, 0.05) is 5.69 Å². The highest BCUT2D eigenvalue weighted by molar-refractivity contribution is 8.00. The minimum atomic E-state index is -0.850. The van der Waals surface area contributed by atoms with E-state index in [1.54, 1.807) is 0 Å². The molecule has 0 bridgehead atoms. The van der Waals surface area contributed by atoms with Gasteiger partial charge in [-0.25, -0.2) is 4.98 Å². The van der Waals surface area contributed by atoms with Gasteiger partial charge in [0.2, 0.25) is 0 Å². The van der Waals surface area contributed by atoms with Crippen molar-refractivity contribution in [3.63, 3.8) is 0 Å². The highest BCUT2D eigenvalue weighted by Gasteiger charge is 2.21. The monoisotopic (exact) mass is 273 g/mol. The molecule has 4 heteroatoms. The number of thioether (sulfide) groups is 1. The van der Waals surface area contributed by atoms with Crippen molar-refractivity contribution in [2.75, 3.05) is 0 Å². The fourth-order valence-corrected chi connectivity index (χ4v) is 2.96. The first kappa shape index (κ1) is 13.6. The maximum absolute atomic E-state index is 11.4. The molecule has 98 valence electrons. The van der Waals surface area contributed by atoms with E-state index >= 15 is 0 Å². The zero-order valence-electron chi connectivity index (χ0n) is 10.8. The van der Waals surface area contributed by atoms with Gasteiger partial charge < -0.3 is 5.11 Å². The molecule has 1 unspecified atom stereocenters. The van der Waals surface area contributed by atoms with Crippen LogP contribution in [0.25, 0.3) is 0 Å². The van der Waals surface area contributed by atoms with Gasteiger partial charge >= 0.3 is 5.97 Å². The Hall–Kier alpha value is -1.81. The minimum absolute atomic E-state index is 0.630. The van der Waals surface area contributed by atoms with Crippen molar-refractivity contribution in [3.05, 3.63) is 59.3 Å². The van der Waals surface area contributed by atoms with Crippen LogP contribution in [-0.2, 0) is 4.79 Å². The summed E-state index contributed by atoms with van der Waals surface area (Å²) in [5.41, 5.74) is 2.77. The van der Waals surface area contributed by atoms with Crippen LogP contribution in [0.5, 0.6) is 0 Å². The molecule has 19 heavy (non-hydrogen) atoms. The number of pyridine rings is 1. The Morgan fingerprint density at radius 1 is 1.21 bits per heavy atom. The van der Waals surface area contributed by atoms with E-state index in [-0.39, 0.29) is 0 Å². The van der Waals surface area contributed by atoms with Crippen LogP contribution in [0.2, 0.25) is 0 Å². The SMILES string of the molecule is Cc1cc(C)nc(SC(C(=O)O)c2ccccc2)c1. The number of hydrogen-bond acceptors (Lipinski definition) is 3. The van der Waals surface area contributed by atoms with Gasteiger partial charge in [-0.2, -0.15) is 0 Å². The molecule has 0 aliphatic heterocycles. The van der Waals surface area contributed by atoms with Gasteiger partial charge in [0.15, 0.2) is 0 Å². The van der Waals surface area contributed by atoms with E-state index < -0.39 is 11.2 Å². The molecule has 2 rings (SSSR count). The Bertz CT molecular complexity index is 564. The van der Waals surface area contributed by atoms with Crippen molar-refractivity contribution < 1.29 is 9.90 Å². The van der Waals surface area contributed by atoms with Crippen molar-refractivity contribution in [2.24, 2.45) is 0 Å². The number of carbonyl (C=O) groups is 1. The molecule has 0 saturated carbocycles. The first-order chi connectivity index (χ1) is 9.06. The lowest BCUT2D eigenvalue weighted by Gasteiger charge is -2.12. The maximum Gasteiger partial charge on any atom is 0.321 e. The molecule has 1 N–H and O–H groups in total. The van der Waals surface area contributed by atoms with E-state index in [2.05, 4.69) is 4.98 Å². The van der Waals surface area contributed by atoms with Gasteiger partial charge in [0.1, 0.15) is 5.25 Å². The van der Waals surface area contributed by atoms with Crippen molar-refractivity contribution in [3.8, 4) is 0 Å². The Balaban J connectivity index is 2.29. The van der Waals surface area contributed by atoms with E-state index in [9.17, 15) is 9.90 Å². The van der Waals surface area contributed by atoms with Gasteiger partial charge in [0.25, 0.3) is 0 Å². The van der Waals surface area contributed by atoms with E-state index in [0.29, 0.717) is 0 Å². The number of benzene rings is 1. The van der Waals surface area contributed by atoms with Crippen LogP contribution in [0.1, 0.15) is 22.1 Å². The summed E-state index contributed by atoms with van der Waals surface area (Å²) in [6, 6.07) is 13.1. The molecular weight excluding hydrogens is 258 g/mol. The summed E-state index contributed by atoms with van der Waals surface area (Å²) in [6.45, 7) is 3.90. The van der Waals surface area contributed by atoms with Crippen LogP contribution in [0, 0.1) is 13.8 Å². The fraction of sp³-hybridized carbons (Fsp3) is 0.200. The molecule has 0 aliphatic carbocycles. The Morgan fingerprint density at radius 2 is 1.89 bits per heavy atom. The second-order valence-electron chi connectivity index (χ2n) is 4.37. The molecule has 1 aromatic carbocycles. The summed E-state index contributed by atoms with van der Waals surface area (Å²) < 4.78 is 0. The van der Waals surface area contributed by atoms with Crippen LogP contribution < -0.4 is 0 Å². The average Bonchev–Trinajstić information content (AvgIpc) is 2.35. The molecule has 0 fully saturated rings. The minimum Gasteiger partial charge on any atom is -0.480 e. The number of aliphatic carboxylic acids is 1. The standard InChI is InChI=1S/C15H15NO2S/c1-10-8-11(2)16-13(9-10)19-14(15(17)18)12-6-4-3-5-7-12/h3-9,14H,1-2H3,(H,17,18). The number of nitrogens with zero attached hydrogens (tertiary/aromatic N) is 1. The molecule has 0 radical (unpaired) electrons. The second-order valence-corrected chi connectivity index (χ2v) is 5.50. The van der Waals surface area contributed by atoms with Gasteiger partial charge in [0.05, 0.1) is 5.03 Å². The van der Waals surface area contributed by atoms with E-state index in [0.717, 1.165) is 21.8 Å². The molecule has 0 aliphatic rings. The molecule has 0 saturated heterocycles. The number of carboxylic acid groups (broad SMARTS) is 1. The van der Waals surface area contributed by atoms with E-state index in [4.69, 9.17) is 0 Å². The smallest absolute Gasteiger partial charge is 0.321 e. The molecule has 0 spiro atoms. The summed E-state index contributed by atoms with van der Waals surface area (Å²) in [4.78, 5) is 15.8. The largest absolute Gasteiger partial charge is 0.480 e. The van der Waals surface area contributed by atoms with E-state index in [1.807, 2.05) is 56.3 Å². The van der Waals surface area contributed by atoms with Crippen molar-refractivity contribution in [2.45, 2.75) is 24.1 Å². The normalized spacial score (nSPS) is 12.1. The van der Waals surface area contributed by atoms with Crippen LogP contribution in [0.15, 0.2) is 47.5 Å². The molecular formula is C15H15NO2S. The third kappa shape index (κ3) is 3.58. The van der Waals surface area contributed by atoms with Gasteiger partial charge in [-0.3, -0.25) is 4.79 Å². The summed E-state index contributed by atoms with van der Waals surface area (Å²) in [7, 11) is 0. The lowest BCUT2D eigenvalue weighted by atomic mass is 10.1. The Morgan fingerprint density at radius 3 is 2.47 bits per heavy atom. The van der Waals surface area contributed by atoms with Crippen LogP contribution in [0.3, 0.4) is 0 Å². The van der Waals surface area contributed by atoms with Gasteiger partial charge in [-0.1, -0.05) is 42.1 Å². The average molecular weight is 273 g/mol. The second kappa shape index (κ2) is 5.89. The number of rotatable bonds is 4. The highest BCUT2D eigenvalue weighted by Crippen LogP contribution is 2.34. The molecule has 2 aromatic rings. The Kier molecular flexibility index (Phi) is 4.22. The summed E-state index contributed by atoms with van der Waals surface area (Å²) in [5.74, 6) is -0.850. The van der Waals surface area contributed by atoms with Gasteiger partial charge in [-0.15, -0.1) is 0 Å². The van der Waals surface area contributed by atoms with Crippen LogP contribution in [0.4, 0.5) is 0 Å². The first-order valence-electron chi connectivity index (χ1n) is 5.96. The number of carboxylic acids is 1. The first-order valence-corrected chi connectivity index (χ1v) is 6.84. The van der Waals surface area contributed by atoms with E-state index in [1.165, 1.54) is 11.8 Å². The lowest BCUT2D eigenvalue weighted by Crippen LogP contribution is -2.08. The van der Waals surface area contributed by atoms with Crippen LogP contribution in [-0.4, -0.2) is 16.1 Å². The number of aromatic nitrogens is 1. The summed E-state index contributed by atoms with van der Waals surface area (Å²) in [6.07, 6.45) is 0. The van der Waals surface area contributed by atoms with Crippen molar-refractivity contribution in [1.29, 1.82) is 0 Å². The molecule has 1 heterocycles. The quantitative estimate of drug-likeness (QED) is 0.864. The predicted octanol–water partition coefficient (Wildman–Crippen LogP) is 3.62. The zero-order chi connectivity index (χ0) is 13.8. The van der Waals surface area contributed by atoms with Crippen molar-refractivity contribution in [1.82, 2.24) is 4.98 Å².